The van der Waals surface area contributed by atoms with Crippen molar-refractivity contribution in [2.45, 2.75) is 17.6 Å². The van der Waals surface area contributed by atoms with Crippen molar-refractivity contribution in [3.05, 3.63) is 65.0 Å². The van der Waals surface area contributed by atoms with Crippen LogP contribution in [0.5, 0.6) is 0 Å². The van der Waals surface area contributed by atoms with Gasteiger partial charge >= 0.3 is 17.8 Å². The fraction of sp³-hybridized carbons (Fsp3) is 0.318. The fourth-order valence-electron chi connectivity index (χ4n) is 3.38. The number of halogens is 4. The van der Waals surface area contributed by atoms with Gasteiger partial charge in [0.05, 0.1) is 31.0 Å². The molecule has 1 fully saturated rings. The Morgan fingerprint density at radius 1 is 1.11 bits per heavy atom. The van der Waals surface area contributed by atoms with E-state index in [0.717, 1.165) is 10.2 Å². The summed E-state index contributed by atoms with van der Waals surface area (Å²) in [6.45, 7) is 1.38. The standard InChI is InChI=1S/C20H22FN5O4S.C2HF3O2/c21-11-15(12-22)13-26-20(27)25-14-17(3-6-19(25)23-26)16-1-4-18(5-2-16)31(28,29)24-7-9-30-10-8-24;3-2(4,5)1(6)7/h1-6,11,14H,7-10,12-13,22H2;(H,6,7)/b15-11+;. The molecule has 3 aromatic rings. The first-order chi connectivity index (χ1) is 17.9. The van der Waals surface area contributed by atoms with E-state index < -0.39 is 27.9 Å². The van der Waals surface area contributed by atoms with Crippen molar-refractivity contribution in [3.8, 4) is 11.1 Å². The minimum absolute atomic E-state index is 0.0121. The van der Waals surface area contributed by atoms with E-state index in [1.54, 1.807) is 42.6 Å². The minimum atomic E-state index is -5.08. The number of sulfonamides is 1. The second-order valence-electron chi connectivity index (χ2n) is 7.90. The second-order valence-corrected chi connectivity index (χ2v) is 9.84. The summed E-state index contributed by atoms with van der Waals surface area (Å²) >= 11 is 0. The number of morpholine rings is 1. The van der Waals surface area contributed by atoms with Gasteiger partial charge in [0.2, 0.25) is 10.0 Å². The molecule has 0 saturated carbocycles. The zero-order valence-electron chi connectivity index (χ0n) is 19.6. The maximum Gasteiger partial charge on any atom is 0.490 e. The molecule has 2 aromatic heterocycles. The van der Waals surface area contributed by atoms with E-state index in [9.17, 15) is 30.8 Å². The molecular formula is C22H23F4N5O6S. The largest absolute Gasteiger partial charge is 0.490 e. The molecule has 1 aromatic carbocycles. The molecule has 1 saturated heterocycles. The average molecular weight is 562 g/mol. The number of aliphatic carboxylic acids is 1. The number of fused-ring (bicyclic) bond motifs is 1. The van der Waals surface area contributed by atoms with Crippen molar-refractivity contribution in [2.24, 2.45) is 5.73 Å². The van der Waals surface area contributed by atoms with Crippen molar-refractivity contribution < 1.29 is 40.6 Å². The fourth-order valence-corrected chi connectivity index (χ4v) is 4.79. The van der Waals surface area contributed by atoms with Crippen LogP contribution in [0.1, 0.15) is 0 Å². The van der Waals surface area contributed by atoms with E-state index >= 15 is 0 Å². The topological polar surface area (TPSA) is 149 Å². The number of carboxylic acids is 1. The quantitative estimate of drug-likeness (QED) is 0.432. The molecule has 206 valence electrons. The highest BCUT2D eigenvalue weighted by Gasteiger charge is 2.38. The van der Waals surface area contributed by atoms with Crippen molar-refractivity contribution in [1.29, 1.82) is 0 Å². The first-order valence-electron chi connectivity index (χ1n) is 10.9. The van der Waals surface area contributed by atoms with Crippen LogP contribution in [0.15, 0.2) is 64.2 Å². The van der Waals surface area contributed by atoms with E-state index in [2.05, 4.69) is 5.10 Å². The highest BCUT2D eigenvalue weighted by molar-refractivity contribution is 7.89. The molecule has 4 rings (SSSR count). The highest BCUT2D eigenvalue weighted by Crippen LogP contribution is 2.23. The third kappa shape index (κ3) is 6.63. The first kappa shape index (κ1) is 29.0. The van der Waals surface area contributed by atoms with Gasteiger partial charge in [0.1, 0.15) is 0 Å². The number of ether oxygens (including phenoxy) is 1. The maximum absolute atomic E-state index is 12.8. The Labute approximate surface area is 213 Å². The molecule has 0 bridgehead atoms. The minimum Gasteiger partial charge on any atom is -0.475 e. The predicted molar refractivity (Wildman–Crippen MR) is 126 cm³/mol. The maximum atomic E-state index is 12.8. The van der Waals surface area contributed by atoms with Gasteiger partial charge in [-0.1, -0.05) is 12.1 Å². The number of benzene rings is 1. The highest BCUT2D eigenvalue weighted by atomic mass is 32.2. The summed E-state index contributed by atoms with van der Waals surface area (Å²) in [5, 5.41) is 11.3. The number of carboxylic acid groups (broad SMARTS) is 1. The van der Waals surface area contributed by atoms with Crippen LogP contribution in [0.25, 0.3) is 16.8 Å². The van der Waals surface area contributed by atoms with Gasteiger partial charge in [-0.2, -0.15) is 17.5 Å². The summed E-state index contributed by atoms with van der Waals surface area (Å²) in [7, 11) is -3.58. The van der Waals surface area contributed by atoms with Crippen LogP contribution in [0, 0.1) is 0 Å². The Morgan fingerprint density at radius 2 is 1.68 bits per heavy atom. The number of hydrogen-bond acceptors (Lipinski definition) is 7. The lowest BCUT2D eigenvalue weighted by Gasteiger charge is -2.26. The molecule has 0 unspecified atom stereocenters. The summed E-state index contributed by atoms with van der Waals surface area (Å²) in [4.78, 5) is 21.7. The molecule has 1 aliphatic heterocycles. The lowest BCUT2D eigenvalue weighted by atomic mass is 10.1. The molecule has 0 aliphatic carbocycles. The van der Waals surface area contributed by atoms with E-state index in [0.29, 0.717) is 43.8 Å². The first-order valence-corrected chi connectivity index (χ1v) is 12.4. The summed E-state index contributed by atoms with van der Waals surface area (Å²) in [6.07, 6.45) is -3.08. The van der Waals surface area contributed by atoms with Crippen LogP contribution in [0.3, 0.4) is 0 Å². The summed E-state index contributed by atoms with van der Waals surface area (Å²) in [6, 6.07) is 9.95. The number of carbonyl (C=O) groups is 1. The van der Waals surface area contributed by atoms with Crippen LogP contribution < -0.4 is 11.4 Å². The van der Waals surface area contributed by atoms with Crippen LogP contribution >= 0.6 is 0 Å². The number of alkyl halides is 3. The molecule has 11 nitrogen and oxygen atoms in total. The van der Waals surface area contributed by atoms with Gasteiger partial charge < -0.3 is 15.6 Å². The molecule has 38 heavy (non-hydrogen) atoms. The van der Waals surface area contributed by atoms with Gasteiger partial charge in [-0.05, 0) is 41.0 Å². The molecule has 3 N–H and O–H groups in total. The zero-order valence-corrected chi connectivity index (χ0v) is 20.5. The van der Waals surface area contributed by atoms with Gasteiger partial charge in [0.25, 0.3) is 0 Å². The van der Waals surface area contributed by atoms with E-state index in [4.69, 9.17) is 20.4 Å². The van der Waals surface area contributed by atoms with Gasteiger partial charge in [-0.15, -0.1) is 5.10 Å². The summed E-state index contributed by atoms with van der Waals surface area (Å²) < 4.78 is 79.2. The van der Waals surface area contributed by atoms with Gasteiger partial charge in [-0.25, -0.2) is 31.5 Å². The third-order valence-corrected chi connectivity index (χ3v) is 7.30. The van der Waals surface area contributed by atoms with Crippen molar-refractivity contribution >= 4 is 21.6 Å². The Balaban J connectivity index is 0.000000505. The predicted octanol–water partition coefficient (Wildman–Crippen LogP) is 1.63. The van der Waals surface area contributed by atoms with E-state index in [1.807, 2.05) is 0 Å². The number of pyridine rings is 1. The van der Waals surface area contributed by atoms with Crippen molar-refractivity contribution in [2.75, 3.05) is 32.8 Å². The van der Waals surface area contributed by atoms with Gasteiger partial charge in [-0.3, -0.25) is 0 Å². The van der Waals surface area contributed by atoms with Crippen LogP contribution in [-0.4, -0.2) is 77.0 Å². The monoisotopic (exact) mass is 561 g/mol. The molecule has 0 spiro atoms. The van der Waals surface area contributed by atoms with Crippen LogP contribution in [0.4, 0.5) is 17.6 Å². The molecule has 3 heterocycles. The number of nitrogens with two attached hydrogens (primary N) is 1. The zero-order chi connectivity index (χ0) is 28.1. The van der Waals surface area contributed by atoms with E-state index in [1.165, 1.54) is 8.71 Å². The molecular weight excluding hydrogens is 538 g/mol. The smallest absolute Gasteiger partial charge is 0.475 e. The average Bonchev–Trinajstić information content (AvgIpc) is 3.21. The SMILES string of the molecule is NC/C(=C\F)Cn1nc2ccc(-c3ccc(S(=O)(=O)N4CCOCC4)cc3)cn2c1=O.O=C(O)C(F)(F)F. The second kappa shape index (κ2) is 11.8. The lowest BCUT2D eigenvalue weighted by molar-refractivity contribution is -0.192. The molecule has 0 radical (unpaired) electrons. The number of hydrogen-bond donors (Lipinski definition) is 2. The van der Waals surface area contributed by atoms with Crippen molar-refractivity contribution in [1.82, 2.24) is 18.5 Å². The molecule has 0 amide bonds. The third-order valence-electron chi connectivity index (χ3n) is 5.38. The number of aromatic nitrogens is 3. The molecule has 1 aliphatic rings. The lowest BCUT2D eigenvalue weighted by Crippen LogP contribution is -2.40. The van der Waals surface area contributed by atoms with Gasteiger partial charge in [0.15, 0.2) is 5.65 Å². The Bertz CT molecular complexity index is 1480. The Kier molecular flexibility index (Phi) is 9.03. The van der Waals surface area contributed by atoms with Crippen LogP contribution in [-0.2, 0) is 26.1 Å². The molecule has 16 heteroatoms. The Morgan fingerprint density at radius 3 is 2.21 bits per heavy atom. The summed E-state index contributed by atoms with van der Waals surface area (Å²) in [5.74, 6) is -2.76. The molecule has 0 atom stereocenters. The normalized spacial score (nSPS) is 15.2. The van der Waals surface area contributed by atoms with Crippen LogP contribution in [0.2, 0.25) is 0 Å². The van der Waals surface area contributed by atoms with Gasteiger partial charge in [0, 0.05) is 25.8 Å². The Hall–Kier alpha value is -3.60. The summed E-state index contributed by atoms with van der Waals surface area (Å²) in [5.41, 5.74) is 7.16. The number of nitrogens with zero attached hydrogens (tertiary/aromatic N) is 4. The van der Waals surface area contributed by atoms with E-state index in [-0.39, 0.29) is 23.6 Å². The number of rotatable bonds is 6. The van der Waals surface area contributed by atoms with Crippen molar-refractivity contribution in [3.63, 3.8) is 0 Å².